The van der Waals surface area contributed by atoms with Gasteiger partial charge in [-0.15, -0.1) is 0 Å². The van der Waals surface area contributed by atoms with Gasteiger partial charge in [0, 0.05) is 26.2 Å². The zero-order valence-corrected chi connectivity index (χ0v) is 15.8. The van der Waals surface area contributed by atoms with E-state index in [0.717, 1.165) is 27.1 Å². The number of nitrogens with two attached hydrogens (primary N) is 2. The lowest BCUT2D eigenvalue weighted by molar-refractivity contribution is -0.135. The lowest BCUT2D eigenvalue weighted by atomic mass is 9.89. The van der Waals surface area contributed by atoms with Gasteiger partial charge in [0.25, 0.3) is 0 Å². The van der Waals surface area contributed by atoms with Gasteiger partial charge in [0.15, 0.2) is 0 Å². The molecule has 0 unspecified atom stereocenters. The fourth-order valence-corrected chi connectivity index (χ4v) is 3.47. The van der Waals surface area contributed by atoms with Crippen LogP contribution in [0.2, 0.25) is 0 Å². The number of benzene rings is 3. The van der Waals surface area contributed by atoms with Crippen LogP contribution < -0.4 is 22.1 Å². The summed E-state index contributed by atoms with van der Waals surface area (Å²) in [6.45, 7) is 1.30. The van der Waals surface area contributed by atoms with Gasteiger partial charge in [0.2, 0.25) is 11.8 Å². The molecule has 2 amide bonds. The lowest BCUT2D eigenvalue weighted by Crippen LogP contribution is -2.44. The van der Waals surface area contributed by atoms with E-state index in [1.807, 2.05) is 48.5 Å². The second-order valence-electron chi connectivity index (χ2n) is 6.71. The van der Waals surface area contributed by atoms with Gasteiger partial charge >= 0.3 is 0 Å². The summed E-state index contributed by atoms with van der Waals surface area (Å²) in [5.41, 5.74) is 12.0. The monoisotopic (exact) mass is 378 g/mol. The molecule has 6 nitrogen and oxygen atoms in total. The third-order valence-electron chi connectivity index (χ3n) is 4.81. The van der Waals surface area contributed by atoms with Crippen molar-refractivity contribution in [2.45, 2.75) is 6.42 Å². The molecule has 3 rings (SSSR count). The number of fused-ring (bicyclic) bond motifs is 2. The molecule has 0 saturated heterocycles. The van der Waals surface area contributed by atoms with E-state index in [1.165, 1.54) is 0 Å². The maximum atomic E-state index is 12.7. The molecule has 6 heteroatoms. The van der Waals surface area contributed by atoms with Crippen molar-refractivity contribution in [3.8, 4) is 0 Å². The fraction of sp³-hybridized carbons (Fsp3) is 0.273. The average molecular weight is 378 g/mol. The Morgan fingerprint density at radius 1 is 0.786 bits per heavy atom. The summed E-state index contributed by atoms with van der Waals surface area (Å²) >= 11 is 0. The number of carbonyl (C=O) groups excluding carboxylic acids is 2. The van der Waals surface area contributed by atoms with Crippen LogP contribution in [0.4, 0.5) is 0 Å². The van der Waals surface area contributed by atoms with E-state index in [0.29, 0.717) is 32.6 Å². The summed E-state index contributed by atoms with van der Waals surface area (Å²) in [5.74, 6) is -1.50. The van der Waals surface area contributed by atoms with E-state index in [9.17, 15) is 9.59 Å². The molecular formula is C22H26N4O2. The Balaban J connectivity index is 2.06. The van der Waals surface area contributed by atoms with E-state index in [1.54, 1.807) is 0 Å². The Bertz CT molecular complexity index is 913. The fourth-order valence-electron chi connectivity index (χ4n) is 3.47. The highest BCUT2D eigenvalue weighted by molar-refractivity contribution is 6.05. The molecule has 0 aliphatic rings. The molecule has 0 saturated carbocycles. The minimum atomic E-state index is -0.854. The Hall–Kier alpha value is -2.96. The van der Waals surface area contributed by atoms with Gasteiger partial charge in [-0.25, -0.2) is 0 Å². The van der Waals surface area contributed by atoms with Crippen LogP contribution in [0.3, 0.4) is 0 Å². The van der Waals surface area contributed by atoms with Crippen molar-refractivity contribution in [1.29, 1.82) is 0 Å². The SMILES string of the molecule is NCCNC(=O)C(Cc1c2ccccc2cc2ccccc12)C(=O)NCCN. The van der Waals surface area contributed by atoms with Crippen LogP contribution in [0.1, 0.15) is 5.56 Å². The van der Waals surface area contributed by atoms with Gasteiger partial charge in [-0.1, -0.05) is 48.5 Å². The zero-order chi connectivity index (χ0) is 19.9. The Morgan fingerprint density at radius 3 is 1.71 bits per heavy atom. The third-order valence-corrected chi connectivity index (χ3v) is 4.81. The smallest absolute Gasteiger partial charge is 0.232 e. The van der Waals surface area contributed by atoms with Crippen LogP contribution in [0, 0.1) is 5.92 Å². The molecule has 3 aromatic carbocycles. The van der Waals surface area contributed by atoms with Crippen LogP contribution in [0.5, 0.6) is 0 Å². The number of amides is 2. The van der Waals surface area contributed by atoms with Crippen molar-refractivity contribution >= 4 is 33.4 Å². The highest BCUT2D eigenvalue weighted by atomic mass is 16.2. The first kappa shape index (κ1) is 19.8. The first-order chi connectivity index (χ1) is 13.7. The van der Waals surface area contributed by atoms with E-state index < -0.39 is 5.92 Å². The quantitative estimate of drug-likeness (QED) is 0.350. The molecule has 0 fully saturated rings. The topological polar surface area (TPSA) is 110 Å². The number of nitrogens with one attached hydrogen (secondary N) is 2. The number of hydrogen-bond donors (Lipinski definition) is 4. The molecule has 0 aromatic heterocycles. The van der Waals surface area contributed by atoms with Crippen molar-refractivity contribution < 1.29 is 9.59 Å². The Labute approximate surface area is 164 Å². The van der Waals surface area contributed by atoms with Crippen molar-refractivity contribution in [2.24, 2.45) is 17.4 Å². The summed E-state index contributed by atoms with van der Waals surface area (Å²) in [5, 5.41) is 9.76. The first-order valence-electron chi connectivity index (χ1n) is 9.50. The average Bonchev–Trinajstić information content (AvgIpc) is 2.73. The maximum absolute atomic E-state index is 12.7. The van der Waals surface area contributed by atoms with Crippen LogP contribution in [-0.4, -0.2) is 38.0 Å². The van der Waals surface area contributed by atoms with E-state index in [4.69, 9.17) is 11.5 Å². The molecule has 6 N–H and O–H groups in total. The van der Waals surface area contributed by atoms with E-state index in [2.05, 4.69) is 16.7 Å². The van der Waals surface area contributed by atoms with Crippen molar-refractivity contribution in [3.63, 3.8) is 0 Å². The Morgan fingerprint density at radius 2 is 1.25 bits per heavy atom. The van der Waals surface area contributed by atoms with E-state index in [-0.39, 0.29) is 11.8 Å². The van der Waals surface area contributed by atoms with Gasteiger partial charge in [-0.05, 0) is 39.6 Å². The molecule has 0 heterocycles. The zero-order valence-electron chi connectivity index (χ0n) is 15.8. The predicted molar refractivity (Wildman–Crippen MR) is 113 cm³/mol. The molecule has 0 aliphatic heterocycles. The van der Waals surface area contributed by atoms with Crippen molar-refractivity contribution in [1.82, 2.24) is 10.6 Å². The summed E-state index contributed by atoms with van der Waals surface area (Å²) < 4.78 is 0. The van der Waals surface area contributed by atoms with Gasteiger partial charge in [-0.2, -0.15) is 0 Å². The third kappa shape index (κ3) is 4.30. The highest BCUT2D eigenvalue weighted by Crippen LogP contribution is 2.30. The number of rotatable bonds is 8. The maximum Gasteiger partial charge on any atom is 0.232 e. The summed E-state index contributed by atoms with van der Waals surface area (Å²) in [7, 11) is 0. The summed E-state index contributed by atoms with van der Waals surface area (Å²) in [6, 6.07) is 18.2. The minimum absolute atomic E-state index is 0.300. The van der Waals surface area contributed by atoms with Crippen molar-refractivity contribution in [2.75, 3.05) is 26.2 Å². The minimum Gasteiger partial charge on any atom is -0.354 e. The van der Waals surface area contributed by atoms with E-state index >= 15 is 0 Å². The largest absolute Gasteiger partial charge is 0.354 e. The molecule has 3 aromatic rings. The molecular weight excluding hydrogens is 352 g/mol. The molecule has 0 spiro atoms. The van der Waals surface area contributed by atoms with Gasteiger partial charge < -0.3 is 22.1 Å². The highest BCUT2D eigenvalue weighted by Gasteiger charge is 2.27. The molecule has 0 radical (unpaired) electrons. The number of carbonyl (C=O) groups is 2. The Kier molecular flexibility index (Phi) is 6.57. The molecule has 0 atom stereocenters. The molecule has 146 valence electrons. The van der Waals surface area contributed by atoms with Crippen LogP contribution in [0.15, 0.2) is 54.6 Å². The normalized spacial score (nSPS) is 11.1. The van der Waals surface area contributed by atoms with Gasteiger partial charge in [0.05, 0.1) is 0 Å². The molecule has 28 heavy (non-hydrogen) atoms. The van der Waals surface area contributed by atoms with Gasteiger partial charge in [0.1, 0.15) is 5.92 Å². The van der Waals surface area contributed by atoms with Crippen LogP contribution in [0.25, 0.3) is 21.5 Å². The lowest BCUT2D eigenvalue weighted by Gasteiger charge is -2.19. The summed E-state index contributed by atoms with van der Waals surface area (Å²) in [6.07, 6.45) is 0.300. The second-order valence-corrected chi connectivity index (χ2v) is 6.71. The van der Waals surface area contributed by atoms with Crippen molar-refractivity contribution in [3.05, 3.63) is 60.2 Å². The molecule has 0 aliphatic carbocycles. The standard InChI is InChI=1S/C22H26N4O2/c23-9-11-25-21(27)20(22(28)26-12-10-24)14-19-17-7-3-1-5-15(17)13-16-6-2-4-8-18(16)19/h1-8,13,20H,9-12,14,23-24H2,(H,25,27)(H,26,28). The number of hydrogen-bond acceptors (Lipinski definition) is 4. The molecule has 0 bridgehead atoms. The van der Waals surface area contributed by atoms with Crippen LogP contribution >= 0.6 is 0 Å². The van der Waals surface area contributed by atoms with Gasteiger partial charge in [-0.3, -0.25) is 9.59 Å². The summed E-state index contributed by atoms with van der Waals surface area (Å²) in [4.78, 5) is 25.4. The predicted octanol–water partition coefficient (Wildman–Crippen LogP) is 1.30. The second kappa shape index (κ2) is 9.30. The first-order valence-corrected chi connectivity index (χ1v) is 9.50. The van der Waals surface area contributed by atoms with Crippen LogP contribution in [-0.2, 0) is 16.0 Å².